The highest BCUT2D eigenvalue weighted by Gasteiger charge is 2.27. The smallest absolute Gasteiger partial charge is 0.126 e. The summed E-state index contributed by atoms with van der Waals surface area (Å²) in [5.41, 5.74) is 2.79. The van der Waals surface area contributed by atoms with E-state index in [1.165, 1.54) is 34.2 Å². The number of piperidine rings is 1. The van der Waals surface area contributed by atoms with Crippen LogP contribution in [0.2, 0.25) is 0 Å². The molecule has 3 rings (SSSR count). The standard InChI is InChI=1S/C14H18BrNO/c1-9-6-11-7-12(15)8-13(14(11)17-9)10-2-4-16-5-3-10/h7-10,16H,2-6H2,1H3. The average molecular weight is 296 g/mol. The molecule has 0 saturated carbocycles. The van der Waals surface area contributed by atoms with E-state index in [1.54, 1.807) is 0 Å². The summed E-state index contributed by atoms with van der Waals surface area (Å²) in [5, 5.41) is 3.42. The normalized spacial score (nSPS) is 24.5. The van der Waals surface area contributed by atoms with Crippen LogP contribution in [0.15, 0.2) is 16.6 Å². The fraction of sp³-hybridized carbons (Fsp3) is 0.571. The molecular formula is C14H18BrNO. The lowest BCUT2D eigenvalue weighted by Crippen LogP contribution is -2.26. The highest BCUT2D eigenvalue weighted by molar-refractivity contribution is 9.10. The second kappa shape index (κ2) is 4.62. The van der Waals surface area contributed by atoms with Gasteiger partial charge in [0.25, 0.3) is 0 Å². The Bertz CT molecular complexity index is 426. The largest absolute Gasteiger partial charge is 0.490 e. The summed E-state index contributed by atoms with van der Waals surface area (Å²) in [6.07, 6.45) is 3.83. The molecule has 2 aliphatic rings. The van der Waals surface area contributed by atoms with Crippen LogP contribution in [0.5, 0.6) is 5.75 Å². The van der Waals surface area contributed by atoms with Gasteiger partial charge in [-0.2, -0.15) is 0 Å². The summed E-state index contributed by atoms with van der Waals surface area (Å²) in [5.74, 6) is 1.83. The van der Waals surface area contributed by atoms with E-state index in [9.17, 15) is 0 Å². The van der Waals surface area contributed by atoms with E-state index in [0.717, 1.165) is 19.5 Å². The maximum atomic E-state index is 6.00. The molecule has 0 aromatic heterocycles. The molecule has 17 heavy (non-hydrogen) atoms. The van der Waals surface area contributed by atoms with Crippen molar-refractivity contribution in [3.63, 3.8) is 0 Å². The van der Waals surface area contributed by atoms with Crippen molar-refractivity contribution in [1.29, 1.82) is 0 Å². The first-order valence-corrected chi connectivity index (χ1v) is 7.23. The second-order valence-corrected chi connectivity index (χ2v) is 6.06. The maximum Gasteiger partial charge on any atom is 0.126 e. The molecule has 1 atom stereocenters. The minimum Gasteiger partial charge on any atom is -0.490 e. The van der Waals surface area contributed by atoms with Crippen LogP contribution < -0.4 is 10.1 Å². The van der Waals surface area contributed by atoms with E-state index in [4.69, 9.17) is 4.74 Å². The van der Waals surface area contributed by atoms with Gasteiger partial charge >= 0.3 is 0 Å². The van der Waals surface area contributed by atoms with Crippen LogP contribution >= 0.6 is 15.9 Å². The minimum absolute atomic E-state index is 0.333. The van der Waals surface area contributed by atoms with Crippen molar-refractivity contribution in [1.82, 2.24) is 5.32 Å². The van der Waals surface area contributed by atoms with E-state index in [-0.39, 0.29) is 0 Å². The number of rotatable bonds is 1. The number of fused-ring (bicyclic) bond motifs is 1. The average Bonchev–Trinajstić information content (AvgIpc) is 2.69. The lowest BCUT2D eigenvalue weighted by Gasteiger charge is -2.25. The van der Waals surface area contributed by atoms with Gasteiger partial charge in [0.1, 0.15) is 11.9 Å². The number of hydrogen-bond donors (Lipinski definition) is 1. The van der Waals surface area contributed by atoms with Crippen LogP contribution in [0.3, 0.4) is 0 Å². The van der Waals surface area contributed by atoms with Crippen LogP contribution in [0.25, 0.3) is 0 Å². The Labute approximate surface area is 111 Å². The molecule has 2 aliphatic heterocycles. The SMILES string of the molecule is CC1Cc2cc(Br)cc(C3CCNCC3)c2O1. The Morgan fingerprint density at radius 2 is 2.06 bits per heavy atom. The van der Waals surface area contributed by atoms with Gasteiger partial charge in [0, 0.05) is 10.9 Å². The van der Waals surface area contributed by atoms with Gasteiger partial charge in [-0.25, -0.2) is 0 Å². The maximum absolute atomic E-state index is 6.00. The third kappa shape index (κ3) is 2.23. The molecule has 1 aromatic carbocycles. The molecule has 2 heterocycles. The molecule has 0 spiro atoms. The summed E-state index contributed by atoms with van der Waals surface area (Å²) in [7, 11) is 0. The zero-order chi connectivity index (χ0) is 11.8. The van der Waals surface area contributed by atoms with Gasteiger partial charge in [-0.1, -0.05) is 15.9 Å². The Kier molecular flexibility index (Phi) is 3.14. The van der Waals surface area contributed by atoms with Gasteiger partial charge < -0.3 is 10.1 Å². The summed E-state index contributed by atoms with van der Waals surface area (Å²) >= 11 is 3.63. The van der Waals surface area contributed by atoms with Crippen LogP contribution in [-0.4, -0.2) is 19.2 Å². The molecule has 0 amide bonds. The van der Waals surface area contributed by atoms with E-state index < -0.39 is 0 Å². The van der Waals surface area contributed by atoms with Crippen molar-refractivity contribution in [3.8, 4) is 5.75 Å². The number of nitrogens with one attached hydrogen (secondary N) is 1. The van der Waals surface area contributed by atoms with Crippen LogP contribution in [-0.2, 0) is 6.42 Å². The molecule has 1 aromatic rings. The first-order chi connectivity index (χ1) is 8.24. The quantitative estimate of drug-likeness (QED) is 0.859. The molecule has 2 nitrogen and oxygen atoms in total. The highest BCUT2D eigenvalue weighted by atomic mass is 79.9. The van der Waals surface area contributed by atoms with Crippen LogP contribution in [0, 0.1) is 0 Å². The van der Waals surface area contributed by atoms with Crippen molar-refractivity contribution in [2.24, 2.45) is 0 Å². The van der Waals surface area contributed by atoms with Gasteiger partial charge in [0.2, 0.25) is 0 Å². The first kappa shape index (κ1) is 11.5. The Hall–Kier alpha value is -0.540. The second-order valence-electron chi connectivity index (χ2n) is 5.14. The molecule has 1 N–H and O–H groups in total. The third-order valence-electron chi connectivity index (χ3n) is 3.76. The molecule has 0 aliphatic carbocycles. The summed E-state index contributed by atoms with van der Waals surface area (Å²) in [6.45, 7) is 4.41. The summed E-state index contributed by atoms with van der Waals surface area (Å²) in [4.78, 5) is 0. The van der Waals surface area contributed by atoms with Gasteiger partial charge in [0.15, 0.2) is 0 Å². The Balaban J connectivity index is 1.98. The molecule has 92 valence electrons. The van der Waals surface area contributed by atoms with Crippen LogP contribution in [0.4, 0.5) is 0 Å². The number of ether oxygens (including phenoxy) is 1. The van der Waals surface area contributed by atoms with Gasteiger partial charge in [0.05, 0.1) is 0 Å². The van der Waals surface area contributed by atoms with Gasteiger partial charge in [-0.05, 0) is 62.0 Å². The third-order valence-corrected chi connectivity index (χ3v) is 4.22. The number of benzene rings is 1. The van der Waals surface area contributed by atoms with E-state index in [0.29, 0.717) is 12.0 Å². The molecule has 3 heteroatoms. The molecular weight excluding hydrogens is 278 g/mol. The predicted octanol–water partition coefficient (Wildman–Crippen LogP) is 3.24. The van der Waals surface area contributed by atoms with Gasteiger partial charge in [-0.15, -0.1) is 0 Å². The van der Waals surface area contributed by atoms with Crippen molar-refractivity contribution >= 4 is 15.9 Å². The fourth-order valence-corrected chi connectivity index (χ4v) is 3.48. The zero-order valence-electron chi connectivity index (χ0n) is 10.1. The molecule has 1 saturated heterocycles. The van der Waals surface area contributed by atoms with Crippen molar-refractivity contribution in [2.45, 2.75) is 38.2 Å². The van der Waals surface area contributed by atoms with E-state index >= 15 is 0 Å². The van der Waals surface area contributed by atoms with Crippen molar-refractivity contribution in [3.05, 3.63) is 27.7 Å². The zero-order valence-corrected chi connectivity index (χ0v) is 11.7. The molecule has 1 fully saturated rings. The fourth-order valence-electron chi connectivity index (χ4n) is 2.96. The Morgan fingerprint density at radius 3 is 2.82 bits per heavy atom. The minimum atomic E-state index is 0.333. The molecule has 0 radical (unpaired) electrons. The summed E-state index contributed by atoms with van der Waals surface area (Å²) < 4.78 is 7.20. The van der Waals surface area contributed by atoms with E-state index in [2.05, 4.69) is 40.3 Å². The first-order valence-electron chi connectivity index (χ1n) is 6.43. The number of halogens is 1. The summed E-state index contributed by atoms with van der Waals surface area (Å²) in [6, 6.07) is 4.47. The van der Waals surface area contributed by atoms with Crippen molar-refractivity contribution < 1.29 is 4.74 Å². The van der Waals surface area contributed by atoms with Crippen molar-refractivity contribution in [2.75, 3.05) is 13.1 Å². The lowest BCUT2D eigenvalue weighted by atomic mass is 9.88. The Morgan fingerprint density at radius 1 is 1.29 bits per heavy atom. The topological polar surface area (TPSA) is 21.3 Å². The predicted molar refractivity (Wildman–Crippen MR) is 72.8 cm³/mol. The highest BCUT2D eigenvalue weighted by Crippen LogP contribution is 2.41. The molecule has 0 bridgehead atoms. The van der Waals surface area contributed by atoms with E-state index in [1.807, 2.05) is 0 Å². The number of hydrogen-bond acceptors (Lipinski definition) is 2. The van der Waals surface area contributed by atoms with Gasteiger partial charge in [-0.3, -0.25) is 0 Å². The molecule has 1 unspecified atom stereocenters. The lowest BCUT2D eigenvalue weighted by molar-refractivity contribution is 0.250. The monoisotopic (exact) mass is 295 g/mol. The van der Waals surface area contributed by atoms with Crippen LogP contribution in [0.1, 0.15) is 36.8 Å².